The molecule has 2 aromatic heterocycles. The lowest BCUT2D eigenvalue weighted by atomic mass is 9.96. The Hall–Kier alpha value is -7.55. The van der Waals surface area contributed by atoms with E-state index in [1.165, 1.54) is 62.6 Å². The lowest BCUT2D eigenvalue weighted by Gasteiger charge is -2.19. The Bertz CT molecular complexity index is 2740. The van der Waals surface area contributed by atoms with Crippen molar-refractivity contribution in [2.75, 3.05) is 7.11 Å². The molecule has 0 fully saturated rings. The van der Waals surface area contributed by atoms with E-state index in [1.54, 1.807) is 18.2 Å². The van der Waals surface area contributed by atoms with Crippen molar-refractivity contribution in [2.24, 2.45) is 0 Å². The molecule has 6 rings (SSSR count). The van der Waals surface area contributed by atoms with Crippen LogP contribution in [0.2, 0.25) is 0 Å². The Kier molecular flexibility index (Phi) is 10.5. The van der Waals surface area contributed by atoms with Crippen LogP contribution in [-0.4, -0.2) is 37.0 Å². The molecule has 0 amide bonds. The summed E-state index contributed by atoms with van der Waals surface area (Å²) in [4.78, 5) is 87.6. The maximum Gasteiger partial charge on any atom is 0.308 e. The largest absolute Gasteiger partial charge is 0.496 e. The van der Waals surface area contributed by atoms with Gasteiger partial charge >= 0.3 is 29.8 Å². The van der Waals surface area contributed by atoms with E-state index >= 15 is 0 Å². The number of rotatable bonds is 9. The van der Waals surface area contributed by atoms with E-state index in [9.17, 15) is 33.6 Å². The van der Waals surface area contributed by atoms with Crippen LogP contribution in [0.5, 0.6) is 34.5 Å². The first-order valence-electron chi connectivity index (χ1n) is 16.6. The van der Waals surface area contributed by atoms with Crippen molar-refractivity contribution in [3.63, 3.8) is 0 Å². The van der Waals surface area contributed by atoms with E-state index in [0.717, 1.165) is 33.8 Å². The zero-order valence-corrected chi connectivity index (χ0v) is 30.6. The first-order valence-corrected chi connectivity index (χ1v) is 16.6. The topological polar surface area (TPSA) is 201 Å². The number of benzene rings is 4. The smallest absolute Gasteiger partial charge is 0.308 e. The molecule has 6 aromatic rings. The molecule has 4 aromatic carbocycles. The number of carbonyl (C=O) groups excluding carboxylic acids is 5. The zero-order valence-electron chi connectivity index (χ0n) is 30.6. The molecule has 0 atom stereocenters. The molecule has 56 heavy (non-hydrogen) atoms. The van der Waals surface area contributed by atoms with Gasteiger partial charge in [0.25, 0.3) is 0 Å². The molecule has 2 heterocycles. The Balaban J connectivity index is 1.60. The molecular weight excluding hydrogens is 732 g/mol. The average Bonchev–Trinajstić information content (AvgIpc) is 3.10. The third-order valence-corrected chi connectivity index (χ3v) is 7.87. The second-order valence-electron chi connectivity index (χ2n) is 12.1. The number of ether oxygens (including phenoxy) is 6. The van der Waals surface area contributed by atoms with Gasteiger partial charge in [-0.15, -0.1) is 0 Å². The molecule has 0 aliphatic carbocycles. The number of carbonyl (C=O) groups is 5. The molecule has 0 saturated carbocycles. The fourth-order valence-electron chi connectivity index (χ4n) is 5.88. The number of fused-ring (bicyclic) bond motifs is 2. The van der Waals surface area contributed by atoms with Gasteiger partial charge in [-0.25, -0.2) is 0 Å². The van der Waals surface area contributed by atoms with Crippen LogP contribution in [0.25, 0.3) is 55.7 Å². The second-order valence-corrected chi connectivity index (χ2v) is 12.1. The van der Waals surface area contributed by atoms with Gasteiger partial charge in [0.15, 0.2) is 16.6 Å². The Morgan fingerprint density at radius 1 is 0.482 bits per heavy atom. The van der Waals surface area contributed by atoms with Gasteiger partial charge in [-0.1, -0.05) is 0 Å². The number of hydrogen-bond acceptors (Lipinski definition) is 15. The molecule has 0 aliphatic heterocycles. The summed E-state index contributed by atoms with van der Waals surface area (Å²) < 4.78 is 44.7. The van der Waals surface area contributed by atoms with E-state index in [-0.39, 0.29) is 84.6 Å². The fourth-order valence-corrected chi connectivity index (χ4v) is 5.88. The third-order valence-electron chi connectivity index (χ3n) is 7.87. The van der Waals surface area contributed by atoms with Gasteiger partial charge < -0.3 is 37.3 Å². The summed E-state index contributed by atoms with van der Waals surface area (Å²) in [6, 6.07) is 16.8. The molecule has 284 valence electrons. The molecule has 0 spiro atoms. The predicted octanol–water partition coefficient (Wildman–Crippen LogP) is 6.54. The quantitative estimate of drug-likeness (QED) is 0.113. The number of methoxy groups -OCH3 is 1. The highest BCUT2D eigenvalue weighted by Gasteiger charge is 2.27. The van der Waals surface area contributed by atoms with Crippen molar-refractivity contribution in [1.29, 1.82) is 0 Å². The molecule has 0 N–H and O–H groups in total. The Labute approximate surface area is 315 Å². The molecule has 0 unspecified atom stereocenters. The summed E-state index contributed by atoms with van der Waals surface area (Å²) in [6.45, 7) is 5.81. The van der Waals surface area contributed by atoms with Crippen LogP contribution in [0, 0.1) is 0 Å². The van der Waals surface area contributed by atoms with Crippen molar-refractivity contribution in [2.45, 2.75) is 34.6 Å². The monoisotopic (exact) mass is 762 g/mol. The van der Waals surface area contributed by atoms with Gasteiger partial charge in [0.05, 0.1) is 12.7 Å². The van der Waals surface area contributed by atoms with E-state index < -0.39 is 40.7 Å². The summed E-state index contributed by atoms with van der Waals surface area (Å²) >= 11 is 0. The minimum Gasteiger partial charge on any atom is -0.496 e. The summed E-state index contributed by atoms with van der Waals surface area (Å²) in [7, 11) is 1.35. The van der Waals surface area contributed by atoms with Crippen LogP contribution in [0.4, 0.5) is 0 Å². The molecule has 0 aliphatic rings. The lowest BCUT2D eigenvalue weighted by molar-refractivity contribution is -0.133. The minimum absolute atomic E-state index is 0.0205. The summed E-state index contributed by atoms with van der Waals surface area (Å²) in [6.07, 6.45) is 0. The van der Waals surface area contributed by atoms with Gasteiger partial charge in [-0.05, 0) is 42.5 Å². The molecular formula is C41H30O15. The summed E-state index contributed by atoms with van der Waals surface area (Å²) in [5.74, 6) is -3.85. The first kappa shape index (κ1) is 38.2. The highest BCUT2D eigenvalue weighted by molar-refractivity contribution is 6.00. The maximum atomic E-state index is 13.9. The second kappa shape index (κ2) is 15.4. The van der Waals surface area contributed by atoms with Gasteiger partial charge in [0, 0.05) is 81.6 Å². The first-order chi connectivity index (χ1) is 26.6. The summed E-state index contributed by atoms with van der Waals surface area (Å²) in [5, 5.41) is -0.295. The molecule has 0 bridgehead atoms. The van der Waals surface area contributed by atoms with E-state index in [1.807, 2.05) is 0 Å². The zero-order chi connectivity index (χ0) is 40.4. The molecule has 0 radical (unpaired) electrons. The fraction of sp³-hybridized carbons (Fsp3) is 0.146. The SMILES string of the molecule is COc1ccc(-c2cc(=O)c3c(OC(C)=O)cc(OC(C)=O)cc3o2)cc1-c1c(OC(C)=O)cc2oc(-c3ccc(OC(C)=O)cc3)cc(=O)c2c1OC(C)=O. The van der Waals surface area contributed by atoms with Crippen LogP contribution in [0.3, 0.4) is 0 Å². The van der Waals surface area contributed by atoms with Crippen LogP contribution in [0.1, 0.15) is 34.6 Å². The molecule has 0 saturated heterocycles. The van der Waals surface area contributed by atoms with Gasteiger partial charge in [-0.2, -0.15) is 0 Å². The summed E-state index contributed by atoms with van der Waals surface area (Å²) in [5.41, 5.74) is -0.736. The minimum atomic E-state index is -0.833. The maximum absolute atomic E-state index is 13.9. The number of hydrogen-bond donors (Lipinski definition) is 0. The lowest BCUT2D eigenvalue weighted by Crippen LogP contribution is -2.11. The van der Waals surface area contributed by atoms with Crippen molar-refractivity contribution < 1.29 is 61.2 Å². The van der Waals surface area contributed by atoms with Crippen LogP contribution in [0.15, 0.2) is 91.2 Å². The van der Waals surface area contributed by atoms with E-state index in [0.29, 0.717) is 5.56 Å². The highest BCUT2D eigenvalue weighted by Crippen LogP contribution is 2.48. The average molecular weight is 763 g/mol. The number of esters is 5. The molecule has 15 heteroatoms. The Morgan fingerprint density at radius 3 is 1.59 bits per heavy atom. The van der Waals surface area contributed by atoms with Crippen LogP contribution in [-0.2, 0) is 24.0 Å². The third kappa shape index (κ3) is 8.01. The Morgan fingerprint density at radius 2 is 1.00 bits per heavy atom. The van der Waals surface area contributed by atoms with Gasteiger partial charge in [0.1, 0.15) is 62.2 Å². The van der Waals surface area contributed by atoms with Crippen LogP contribution >= 0.6 is 0 Å². The van der Waals surface area contributed by atoms with Crippen LogP contribution < -0.4 is 39.3 Å². The van der Waals surface area contributed by atoms with Crippen molar-refractivity contribution in [3.05, 3.63) is 93.2 Å². The van der Waals surface area contributed by atoms with Crippen molar-refractivity contribution >= 4 is 51.8 Å². The van der Waals surface area contributed by atoms with Gasteiger partial charge in [0.2, 0.25) is 0 Å². The van der Waals surface area contributed by atoms with E-state index in [2.05, 4.69) is 0 Å². The van der Waals surface area contributed by atoms with E-state index in [4.69, 9.17) is 37.3 Å². The highest BCUT2D eigenvalue weighted by atomic mass is 16.6. The van der Waals surface area contributed by atoms with Gasteiger partial charge in [-0.3, -0.25) is 33.6 Å². The normalized spacial score (nSPS) is 10.8. The van der Waals surface area contributed by atoms with Crippen molar-refractivity contribution in [1.82, 2.24) is 0 Å². The molecule has 15 nitrogen and oxygen atoms in total. The standard InChI is InChI=1S/C41H30O15/c1-19(42)50-26-10-7-24(8-11-26)32-17-30(48)40-37(55-32)18-36(53-22(4)45)38(41(40)54-23(5)46)28-13-25(9-12-31(28)49-6)33-16-29(47)39-34(52-21(3)44)14-27(51-20(2)43)15-35(39)56-33/h7-18H,1-6H3. The predicted molar refractivity (Wildman–Crippen MR) is 198 cm³/mol. The van der Waals surface area contributed by atoms with Crippen molar-refractivity contribution in [3.8, 4) is 68.3 Å².